The molecule has 4 nitrogen and oxygen atoms in total. The number of carboxylic acids is 1. The minimum absolute atomic E-state index is 0.176. The lowest BCUT2D eigenvalue weighted by Gasteiger charge is -2.01. The fraction of sp³-hybridized carbons (Fsp3) is 0.429. The summed E-state index contributed by atoms with van der Waals surface area (Å²) in [7, 11) is 0. The zero-order valence-electron chi connectivity index (χ0n) is 11.6. The van der Waals surface area contributed by atoms with Crippen LogP contribution < -0.4 is 0 Å². The van der Waals surface area contributed by atoms with Crippen LogP contribution in [0.2, 0.25) is 0 Å². The Hall–Kier alpha value is -1.84. The van der Waals surface area contributed by atoms with Crippen molar-refractivity contribution in [1.29, 1.82) is 0 Å². The van der Waals surface area contributed by atoms with Crippen LogP contribution in [-0.4, -0.2) is 23.7 Å². The van der Waals surface area contributed by atoms with Gasteiger partial charge in [-0.25, -0.2) is 9.59 Å². The third-order valence-electron chi connectivity index (χ3n) is 1.44. The maximum atomic E-state index is 10.7. The van der Waals surface area contributed by atoms with E-state index in [4.69, 9.17) is 9.84 Å². The molecule has 0 saturated carbocycles. The molecule has 1 N–H and O–H groups in total. The van der Waals surface area contributed by atoms with Gasteiger partial charge in [-0.3, -0.25) is 0 Å². The van der Waals surface area contributed by atoms with Crippen LogP contribution in [0.1, 0.15) is 33.6 Å². The molecule has 0 bridgehead atoms. The molecule has 0 rings (SSSR count). The number of aliphatic carboxylic acids is 1. The van der Waals surface area contributed by atoms with Crippen LogP contribution in [0, 0.1) is 0 Å². The second kappa shape index (κ2) is 15.2. The molecule has 0 aliphatic rings. The van der Waals surface area contributed by atoms with E-state index < -0.39 is 5.97 Å². The first-order valence-corrected chi connectivity index (χ1v) is 5.54. The van der Waals surface area contributed by atoms with E-state index in [9.17, 15) is 9.59 Å². The van der Waals surface area contributed by atoms with Crippen LogP contribution in [0.25, 0.3) is 0 Å². The zero-order valence-corrected chi connectivity index (χ0v) is 11.6. The third-order valence-corrected chi connectivity index (χ3v) is 1.44. The standard InChI is InChI=1S/C8H14O2.C4H6O2.C2H4/c1-4-5-6-10-8(9)7(2)3;1-3(2)4(5)6;1-2/h2,4-6H2,1,3H3;1H2,2H3,(H,5,6);1-2H2. The fourth-order valence-electron chi connectivity index (χ4n) is 0.432. The first-order chi connectivity index (χ1) is 8.32. The normalized spacial score (nSPS) is 7.72. The van der Waals surface area contributed by atoms with Gasteiger partial charge in [0.05, 0.1) is 6.61 Å². The lowest BCUT2D eigenvalue weighted by Crippen LogP contribution is -2.05. The fourth-order valence-corrected chi connectivity index (χ4v) is 0.432. The lowest BCUT2D eigenvalue weighted by atomic mass is 10.3. The number of carboxylic acid groups (broad SMARTS) is 1. The predicted molar refractivity (Wildman–Crippen MR) is 74.4 cm³/mol. The molecule has 0 saturated heterocycles. The van der Waals surface area contributed by atoms with Crippen molar-refractivity contribution < 1.29 is 19.4 Å². The van der Waals surface area contributed by atoms with Crippen molar-refractivity contribution in [2.75, 3.05) is 6.61 Å². The van der Waals surface area contributed by atoms with E-state index in [0.717, 1.165) is 12.8 Å². The van der Waals surface area contributed by atoms with Gasteiger partial charge in [-0.05, 0) is 20.3 Å². The van der Waals surface area contributed by atoms with E-state index in [-0.39, 0.29) is 11.5 Å². The molecule has 0 aromatic heterocycles. The van der Waals surface area contributed by atoms with Gasteiger partial charge in [-0.1, -0.05) is 26.5 Å². The van der Waals surface area contributed by atoms with Crippen LogP contribution in [0.4, 0.5) is 0 Å². The van der Waals surface area contributed by atoms with Gasteiger partial charge in [0.1, 0.15) is 0 Å². The molecule has 0 aromatic rings. The number of hydrogen-bond donors (Lipinski definition) is 1. The van der Waals surface area contributed by atoms with E-state index in [1.807, 2.05) is 0 Å². The highest BCUT2D eigenvalue weighted by Gasteiger charge is 2.00. The SMILES string of the molecule is C=C.C=C(C)C(=O)O.C=C(C)C(=O)OCCCC. The van der Waals surface area contributed by atoms with Crippen LogP contribution in [0.5, 0.6) is 0 Å². The summed E-state index contributed by atoms with van der Waals surface area (Å²) in [6, 6.07) is 0. The maximum absolute atomic E-state index is 10.7. The van der Waals surface area contributed by atoms with Crippen molar-refractivity contribution in [3.05, 3.63) is 37.5 Å². The van der Waals surface area contributed by atoms with E-state index in [1.54, 1.807) is 6.92 Å². The number of carbonyl (C=O) groups excluding carboxylic acids is 1. The summed E-state index contributed by atoms with van der Waals surface area (Å²) in [4.78, 5) is 20.3. The Bertz CT molecular complexity index is 268. The zero-order chi connectivity index (χ0) is 15.1. The molecule has 0 radical (unpaired) electrons. The molecule has 0 aromatic carbocycles. The number of ether oxygens (including phenoxy) is 1. The Labute approximate surface area is 110 Å². The van der Waals surface area contributed by atoms with Crippen molar-refractivity contribution >= 4 is 11.9 Å². The Morgan fingerprint density at radius 2 is 1.50 bits per heavy atom. The maximum Gasteiger partial charge on any atom is 0.333 e. The number of esters is 1. The number of hydrogen-bond acceptors (Lipinski definition) is 3. The van der Waals surface area contributed by atoms with Gasteiger partial charge in [0.25, 0.3) is 0 Å². The summed E-state index contributed by atoms with van der Waals surface area (Å²) in [5.41, 5.74) is 0.645. The average molecular weight is 256 g/mol. The summed E-state index contributed by atoms with van der Waals surface area (Å²) >= 11 is 0. The second-order valence-corrected chi connectivity index (χ2v) is 3.36. The van der Waals surface area contributed by atoms with Gasteiger partial charge in [0.15, 0.2) is 0 Å². The summed E-state index contributed by atoms with van der Waals surface area (Å²) in [5, 5.41) is 7.89. The highest BCUT2D eigenvalue weighted by atomic mass is 16.5. The molecule has 0 aliphatic heterocycles. The monoisotopic (exact) mass is 256 g/mol. The van der Waals surface area contributed by atoms with Crippen LogP contribution in [0.3, 0.4) is 0 Å². The second-order valence-electron chi connectivity index (χ2n) is 3.36. The van der Waals surface area contributed by atoms with E-state index in [0.29, 0.717) is 12.2 Å². The third kappa shape index (κ3) is 19.7. The average Bonchev–Trinajstić information content (AvgIpc) is 2.32. The molecule has 104 valence electrons. The van der Waals surface area contributed by atoms with Gasteiger partial charge in [0, 0.05) is 11.1 Å². The highest BCUT2D eigenvalue weighted by molar-refractivity contribution is 5.86. The van der Waals surface area contributed by atoms with Gasteiger partial charge >= 0.3 is 11.9 Å². The molecule has 0 atom stereocenters. The summed E-state index contributed by atoms with van der Waals surface area (Å²) in [6.07, 6.45) is 1.97. The largest absolute Gasteiger partial charge is 0.478 e. The summed E-state index contributed by atoms with van der Waals surface area (Å²) in [5.74, 6) is -1.22. The van der Waals surface area contributed by atoms with Crippen molar-refractivity contribution in [2.45, 2.75) is 33.6 Å². The molecule has 18 heavy (non-hydrogen) atoms. The van der Waals surface area contributed by atoms with E-state index in [1.165, 1.54) is 6.92 Å². The predicted octanol–water partition coefficient (Wildman–Crippen LogP) is 3.36. The summed E-state index contributed by atoms with van der Waals surface area (Å²) in [6.45, 7) is 18.3. The minimum atomic E-state index is -0.935. The van der Waals surface area contributed by atoms with Crippen molar-refractivity contribution in [3.63, 3.8) is 0 Å². The molecule has 4 heteroatoms. The molecule has 0 aliphatic carbocycles. The number of rotatable bonds is 5. The number of unbranched alkanes of at least 4 members (excludes halogenated alkanes) is 1. The lowest BCUT2D eigenvalue weighted by molar-refractivity contribution is -0.139. The van der Waals surface area contributed by atoms with Crippen LogP contribution >= 0.6 is 0 Å². The van der Waals surface area contributed by atoms with Crippen molar-refractivity contribution in [1.82, 2.24) is 0 Å². The Balaban J connectivity index is -0.000000241. The first kappa shape index (κ1) is 21.4. The van der Waals surface area contributed by atoms with Crippen molar-refractivity contribution in [2.24, 2.45) is 0 Å². The van der Waals surface area contributed by atoms with Gasteiger partial charge < -0.3 is 9.84 Å². The van der Waals surface area contributed by atoms with Crippen molar-refractivity contribution in [3.8, 4) is 0 Å². The molecular formula is C14H24O4. The van der Waals surface area contributed by atoms with Gasteiger partial charge in [0.2, 0.25) is 0 Å². The molecule has 0 spiro atoms. The highest BCUT2D eigenvalue weighted by Crippen LogP contribution is 1.94. The van der Waals surface area contributed by atoms with Gasteiger partial charge in [-0.15, -0.1) is 13.2 Å². The first-order valence-electron chi connectivity index (χ1n) is 5.54. The minimum Gasteiger partial charge on any atom is -0.478 e. The van der Waals surface area contributed by atoms with E-state index >= 15 is 0 Å². The quantitative estimate of drug-likeness (QED) is 0.354. The summed E-state index contributed by atoms with van der Waals surface area (Å²) < 4.78 is 4.81. The van der Waals surface area contributed by atoms with Crippen LogP contribution in [0.15, 0.2) is 37.5 Å². The van der Waals surface area contributed by atoms with Gasteiger partial charge in [-0.2, -0.15) is 0 Å². The number of carbonyl (C=O) groups is 2. The Kier molecular flexibility index (Phi) is 18.1. The molecule has 0 heterocycles. The van der Waals surface area contributed by atoms with E-state index in [2.05, 4.69) is 33.2 Å². The topological polar surface area (TPSA) is 63.6 Å². The molecule has 0 fully saturated rings. The van der Waals surface area contributed by atoms with Crippen LogP contribution in [-0.2, 0) is 14.3 Å². The molecule has 0 unspecified atom stereocenters. The Morgan fingerprint density at radius 1 is 1.11 bits per heavy atom. The Morgan fingerprint density at radius 3 is 1.72 bits per heavy atom. The molecule has 0 amide bonds. The molecular weight excluding hydrogens is 232 g/mol. The smallest absolute Gasteiger partial charge is 0.333 e.